The van der Waals surface area contributed by atoms with E-state index < -0.39 is 51.1 Å². The zero-order chi connectivity index (χ0) is 47.0. The lowest BCUT2D eigenvalue weighted by Crippen LogP contribution is -2.34. The topological polar surface area (TPSA) is 172 Å². The van der Waals surface area contributed by atoms with Crippen molar-refractivity contribution in [2.24, 2.45) is 5.73 Å². The fourth-order valence-corrected chi connectivity index (χ4v) is 8.61. The van der Waals surface area contributed by atoms with Crippen LogP contribution < -0.4 is 5.73 Å². The zero-order valence-electron chi connectivity index (χ0n) is 41.4. The van der Waals surface area contributed by atoms with Gasteiger partial charge in [-0.1, -0.05) is 231 Å². The van der Waals surface area contributed by atoms with E-state index in [1.165, 1.54) is 193 Å². The first-order valence-corrected chi connectivity index (χ1v) is 28.2. The van der Waals surface area contributed by atoms with Crippen LogP contribution >= 0.6 is 7.82 Å². The van der Waals surface area contributed by atoms with Crippen LogP contribution in [0.5, 0.6) is 0 Å². The molecule has 0 bridgehead atoms. The van der Waals surface area contributed by atoms with E-state index in [0.717, 1.165) is 38.5 Å². The SMILES string of the molecule is CCCCCCCC/C=C\CCCCCCCCCCCC(=O)OC[C@H](COP(=O)(O)OC[C@H](N)C(=O)O)OC(=O)CCCCCCCCCCCCCCCCCCCCCCC. The van der Waals surface area contributed by atoms with E-state index in [-0.39, 0.29) is 19.4 Å². The van der Waals surface area contributed by atoms with Gasteiger partial charge in [0.05, 0.1) is 13.2 Å². The monoisotopic (exact) mass is 930 g/mol. The first kappa shape index (κ1) is 62.2. The van der Waals surface area contributed by atoms with E-state index in [0.29, 0.717) is 12.8 Å². The second kappa shape index (κ2) is 47.7. The summed E-state index contributed by atoms with van der Waals surface area (Å²) in [7, 11) is -4.72. The summed E-state index contributed by atoms with van der Waals surface area (Å²) in [6.45, 7) is 2.86. The van der Waals surface area contributed by atoms with Gasteiger partial charge in [0.15, 0.2) is 6.10 Å². The van der Waals surface area contributed by atoms with Gasteiger partial charge < -0.3 is 25.2 Å². The molecule has 0 heterocycles. The summed E-state index contributed by atoms with van der Waals surface area (Å²) in [6, 6.07) is -1.52. The van der Waals surface area contributed by atoms with Crippen LogP contribution in [-0.4, -0.2) is 59.9 Å². The molecular formula is C52H100NO10P. The Morgan fingerprint density at radius 1 is 0.469 bits per heavy atom. The first-order chi connectivity index (χ1) is 31.1. The number of hydrogen-bond donors (Lipinski definition) is 3. The maximum absolute atomic E-state index is 12.7. The lowest BCUT2D eigenvalue weighted by molar-refractivity contribution is -0.161. The number of hydrogen-bond acceptors (Lipinski definition) is 9. The van der Waals surface area contributed by atoms with Gasteiger partial charge in [-0.25, -0.2) is 4.57 Å². The number of phosphoric acid groups is 1. The average molecular weight is 930 g/mol. The third-order valence-corrected chi connectivity index (χ3v) is 13.0. The summed E-state index contributed by atoms with van der Waals surface area (Å²) in [4.78, 5) is 46.2. The van der Waals surface area contributed by atoms with E-state index in [2.05, 4.69) is 26.0 Å². The molecule has 0 saturated carbocycles. The van der Waals surface area contributed by atoms with Crippen molar-refractivity contribution in [1.82, 2.24) is 0 Å². The lowest BCUT2D eigenvalue weighted by atomic mass is 10.0. The average Bonchev–Trinajstić information content (AvgIpc) is 3.27. The van der Waals surface area contributed by atoms with Crippen LogP contribution in [0, 0.1) is 0 Å². The number of allylic oxidation sites excluding steroid dienone is 2. The quantitative estimate of drug-likeness (QED) is 0.0229. The zero-order valence-corrected chi connectivity index (χ0v) is 42.3. The summed E-state index contributed by atoms with van der Waals surface area (Å²) < 4.78 is 32.9. The number of ether oxygens (including phenoxy) is 2. The molecule has 0 aliphatic heterocycles. The van der Waals surface area contributed by atoms with E-state index in [1.807, 2.05) is 0 Å². The highest BCUT2D eigenvalue weighted by molar-refractivity contribution is 7.47. The number of carbonyl (C=O) groups is 3. The van der Waals surface area contributed by atoms with Gasteiger partial charge in [-0.3, -0.25) is 23.4 Å². The molecule has 0 rings (SSSR count). The van der Waals surface area contributed by atoms with Crippen LogP contribution in [0.15, 0.2) is 12.2 Å². The Morgan fingerprint density at radius 3 is 1.14 bits per heavy atom. The van der Waals surface area contributed by atoms with E-state index >= 15 is 0 Å². The number of rotatable bonds is 51. The number of unbranched alkanes of at least 4 members (excludes halogenated alkanes) is 35. The predicted molar refractivity (Wildman–Crippen MR) is 263 cm³/mol. The minimum atomic E-state index is -4.72. The summed E-state index contributed by atoms with van der Waals surface area (Å²) in [6.07, 6.45) is 51.3. The summed E-state index contributed by atoms with van der Waals surface area (Å²) in [5.41, 5.74) is 5.36. The third kappa shape index (κ3) is 46.7. The molecule has 0 saturated heterocycles. The number of esters is 2. The second-order valence-electron chi connectivity index (χ2n) is 18.4. The van der Waals surface area contributed by atoms with Crippen molar-refractivity contribution < 1.29 is 47.5 Å². The van der Waals surface area contributed by atoms with Gasteiger partial charge in [0, 0.05) is 12.8 Å². The fraction of sp³-hybridized carbons (Fsp3) is 0.904. The van der Waals surface area contributed by atoms with Gasteiger partial charge in [0.1, 0.15) is 12.6 Å². The number of carboxylic acids is 1. The first-order valence-electron chi connectivity index (χ1n) is 26.7. The second-order valence-corrected chi connectivity index (χ2v) is 19.8. The molecule has 11 nitrogen and oxygen atoms in total. The van der Waals surface area contributed by atoms with Crippen LogP contribution in [0.2, 0.25) is 0 Å². The van der Waals surface area contributed by atoms with Crippen molar-refractivity contribution in [3.8, 4) is 0 Å². The van der Waals surface area contributed by atoms with Crippen molar-refractivity contribution in [2.45, 2.75) is 283 Å². The molecule has 0 fully saturated rings. The van der Waals surface area contributed by atoms with E-state index in [1.54, 1.807) is 0 Å². The van der Waals surface area contributed by atoms with Crippen LogP contribution in [0.1, 0.15) is 271 Å². The molecule has 0 amide bonds. The minimum absolute atomic E-state index is 0.168. The molecule has 0 radical (unpaired) electrons. The molecule has 0 aliphatic rings. The van der Waals surface area contributed by atoms with Gasteiger partial charge in [-0.2, -0.15) is 0 Å². The number of carbonyl (C=O) groups excluding carboxylic acids is 2. The molecule has 3 atom stereocenters. The Bertz CT molecular complexity index is 1140. The maximum Gasteiger partial charge on any atom is 0.472 e. The minimum Gasteiger partial charge on any atom is -0.480 e. The molecule has 64 heavy (non-hydrogen) atoms. The summed E-state index contributed by atoms with van der Waals surface area (Å²) in [5, 5.41) is 8.93. The number of aliphatic carboxylic acids is 1. The Morgan fingerprint density at radius 2 is 0.781 bits per heavy atom. The molecular weight excluding hydrogens is 830 g/mol. The number of carboxylic acid groups (broad SMARTS) is 1. The van der Waals surface area contributed by atoms with Crippen molar-refractivity contribution in [3.05, 3.63) is 12.2 Å². The van der Waals surface area contributed by atoms with Crippen molar-refractivity contribution in [1.29, 1.82) is 0 Å². The van der Waals surface area contributed by atoms with Crippen LogP contribution in [-0.2, 0) is 37.5 Å². The fourth-order valence-electron chi connectivity index (χ4n) is 7.83. The third-order valence-electron chi connectivity index (χ3n) is 12.0. The number of nitrogens with two attached hydrogens (primary N) is 1. The highest BCUT2D eigenvalue weighted by atomic mass is 31.2. The van der Waals surface area contributed by atoms with Crippen molar-refractivity contribution in [3.63, 3.8) is 0 Å². The van der Waals surface area contributed by atoms with Crippen LogP contribution in [0.3, 0.4) is 0 Å². The molecule has 4 N–H and O–H groups in total. The van der Waals surface area contributed by atoms with Gasteiger partial charge >= 0.3 is 25.7 Å². The van der Waals surface area contributed by atoms with E-state index in [4.69, 9.17) is 29.4 Å². The molecule has 0 aromatic rings. The molecule has 1 unspecified atom stereocenters. The summed E-state index contributed by atoms with van der Waals surface area (Å²) in [5.74, 6) is -2.36. The van der Waals surface area contributed by atoms with Crippen LogP contribution in [0.25, 0.3) is 0 Å². The largest absolute Gasteiger partial charge is 0.480 e. The Labute approximate surface area is 392 Å². The highest BCUT2D eigenvalue weighted by Crippen LogP contribution is 2.43. The molecule has 0 aliphatic carbocycles. The number of phosphoric ester groups is 1. The molecule has 0 spiro atoms. The van der Waals surface area contributed by atoms with Gasteiger partial charge in [-0.15, -0.1) is 0 Å². The van der Waals surface area contributed by atoms with E-state index in [9.17, 15) is 23.8 Å². The predicted octanol–water partition coefficient (Wildman–Crippen LogP) is 15.2. The van der Waals surface area contributed by atoms with Gasteiger partial charge in [-0.05, 0) is 38.5 Å². The van der Waals surface area contributed by atoms with Crippen molar-refractivity contribution >= 4 is 25.7 Å². The lowest BCUT2D eigenvalue weighted by Gasteiger charge is -2.20. The summed E-state index contributed by atoms with van der Waals surface area (Å²) >= 11 is 0. The van der Waals surface area contributed by atoms with Crippen molar-refractivity contribution in [2.75, 3.05) is 19.8 Å². The van der Waals surface area contributed by atoms with Gasteiger partial charge in [0.25, 0.3) is 0 Å². The van der Waals surface area contributed by atoms with Crippen LogP contribution in [0.4, 0.5) is 0 Å². The Kier molecular flexibility index (Phi) is 46.4. The standard InChI is InChI=1S/C52H100NO10P/c1-3-5-7-9-11-13-15-17-19-21-23-24-26-28-30-32-34-36-38-40-42-44-51(55)63-48(46-61-64(58,59)62-47-49(53)52(56)57)45-60-50(54)43-41-39-37-35-33-31-29-27-25-22-20-18-16-14-12-10-8-6-4-2/h18,20,48-49H,3-17,19,21-47,53H2,1-2H3,(H,56,57)(H,58,59)/b20-18-/t48-,49+/m1/s1. The Balaban J connectivity index is 4.18. The Hall–Kier alpha value is -1.78. The molecule has 12 heteroatoms. The molecule has 0 aromatic carbocycles. The molecule has 378 valence electrons. The smallest absolute Gasteiger partial charge is 0.472 e. The molecule has 0 aromatic heterocycles. The highest BCUT2D eigenvalue weighted by Gasteiger charge is 2.28. The van der Waals surface area contributed by atoms with Gasteiger partial charge in [0.2, 0.25) is 0 Å². The normalized spacial score (nSPS) is 13.6. The maximum atomic E-state index is 12.7.